The first-order chi connectivity index (χ1) is 14.2. The molecule has 1 heteroatoms. The molecular weight excluding hydrogens is 376 g/mol. The second-order valence-electron chi connectivity index (χ2n) is 15.2. The first kappa shape index (κ1) is 22.5. The third kappa shape index (κ3) is 2.77. The maximum Gasteiger partial charge on any atom is 0.0594 e. The zero-order valence-corrected chi connectivity index (χ0v) is 21.9. The van der Waals surface area contributed by atoms with Crippen molar-refractivity contribution < 1.29 is 5.11 Å². The van der Waals surface area contributed by atoms with Crippen LogP contribution >= 0.6 is 0 Å². The Morgan fingerprint density at radius 2 is 1.45 bits per heavy atom. The van der Waals surface area contributed by atoms with Crippen LogP contribution in [0.3, 0.4) is 0 Å². The molecule has 4 saturated carbocycles. The molecule has 1 N–H and O–H groups in total. The highest BCUT2D eigenvalue weighted by molar-refractivity contribution is 5.33. The lowest BCUT2D eigenvalue weighted by Gasteiger charge is -2.71. The van der Waals surface area contributed by atoms with Gasteiger partial charge in [0.05, 0.1) is 6.10 Å². The molecule has 5 aliphatic rings. The molecule has 1 nitrogen and oxygen atoms in total. The third-order valence-electron chi connectivity index (χ3n) is 13.0. The van der Waals surface area contributed by atoms with E-state index in [9.17, 15) is 5.11 Å². The highest BCUT2D eigenvalue weighted by atomic mass is 16.3. The average molecular weight is 427 g/mol. The van der Waals surface area contributed by atoms with E-state index in [0.717, 1.165) is 18.3 Å². The molecule has 0 bridgehead atoms. The van der Waals surface area contributed by atoms with Crippen LogP contribution in [0.2, 0.25) is 0 Å². The molecule has 5 aliphatic carbocycles. The Hall–Kier alpha value is -0.300. The van der Waals surface area contributed by atoms with Crippen LogP contribution in [0, 0.1) is 50.2 Å². The van der Waals surface area contributed by atoms with Crippen molar-refractivity contribution >= 4 is 0 Å². The van der Waals surface area contributed by atoms with Crippen molar-refractivity contribution in [3.8, 4) is 0 Å². The van der Waals surface area contributed by atoms with E-state index in [4.69, 9.17) is 0 Å². The van der Waals surface area contributed by atoms with Gasteiger partial charge in [0.1, 0.15) is 0 Å². The summed E-state index contributed by atoms with van der Waals surface area (Å²) < 4.78 is 0. The molecule has 0 saturated heterocycles. The Balaban J connectivity index is 1.57. The van der Waals surface area contributed by atoms with Crippen LogP contribution in [0.5, 0.6) is 0 Å². The highest BCUT2D eigenvalue weighted by Crippen LogP contribution is 2.75. The van der Waals surface area contributed by atoms with E-state index in [1.165, 1.54) is 57.8 Å². The fourth-order valence-electron chi connectivity index (χ4n) is 10.5. The third-order valence-corrected chi connectivity index (χ3v) is 13.0. The van der Waals surface area contributed by atoms with Gasteiger partial charge in [-0.3, -0.25) is 0 Å². The predicted molar refractivity (Wildman–Crippen MR) is 131 cm³/mol. The SMILES string of the molecule is CC1(C)CC[C@]2(C)CC[C@]3(C)C(=CC[C@@H]4[C@@]5(C)CC[C@@H](O)C(C)(C)C5CC[C@]43C)[C@H]2C1. The summed E-state index contributed by atoms with van der Waals surface area (Å²) in [5.41, 5.74) is 4.09. The van der Waals surface area contributed by atoms with Crippen LogP contribution in [0.15, 0.2) is 11.6 Å². The molecule has 5 rings (SSSR count). The number of rotatable bonds is 0. The van der Waals surface area contributed by atoms with Gasteiger partial charge in [-0.25, -0.2) is 0 Å². The summed E-state index contributed by atoms with van der Waals surface area (Å²) in [4.78, 5) is 0. The summed E-state index contributed by atoms with van der Waals surface area (Å²) in [6, 6.07) is 0. The minimum absolute atomic E-state index is 0.0533. The summed E-state index contributed by atoms with van der Waals surface area (Å²) in [6.45, 7) is 20.4. The van der Waals surface area contributed by atoms with Crippen LogP contribution in [0.4, 0.5) is 0 Å². The Morgan fingerprint density at radius 1 is 0.774 bits per heavy atom. The molecule has 0 aromatic heterocycles. The Morgan fingerprint density at radius 3 is 2.16 bits per heavy atom. The van der Waals surface area contributed by atoms with Crippen molar-refractivity contribution in [2.45, 2.75) is 126 Å². The van der Waals surface area contributed by atoms with Gasteiger partial charge in [0.2, 0.25) is 0 Å². The summed E-state index contributed by atoms with van der Waals surface area (Å²) >= 11 is 0. The Kier molecular flexibility index (Phi) is 4.66. The van der Waals surface area contributed by atoms with Crippen LogP contribution in [-0.2, 0) is 0 Å². The predicted octanol–water partition coefficient (Wildman–Crippen LogP) is 8.17. The molecule has 176 valence electrons. The Bertz CT molecular complexity index is 790. The zero-order valence-electron chi connectivity index (χ0n) is 21.9. The van der Waals surface area contributed by atoms with Crippen LogP contribution < -0.4 is 0 Å². The van der Waals surface area contributed by atoms with E-state index < -0.39 is 0 Å². The summed E-state index contributed by atoms with van der Waals surface area (Å²) in [5, 5.41) is 10.9. The lowest BCUT2D eigenvalue weighted by Crippen LogP contribution is -2.64. The highest BCUT2D eigenvalue weighted by Gasteiger charge is 2.67. The lowest BCUT2D eigenvalue weighted by atomic mass is 9.33. The molecule has 0 aromatic carbocycles. The fraction of sp³-hybridized carbons (Fsp3) is 0.933. The largest absolute Gasteiger partial charge is 0.393 e. The minimum Gasteiger partial charge on any atom is -0.393 e. The van der Waals surface area contributed by atoms with Gasteiger partial charge in [0.25, 0.3) is 0 Å². The molecule has 31 heavy (non-hydrogen) atoms. The number of aliphatic hydroxyl groups excluding tert-OH is 1. The average Bonchev–Trinajstić information content (AvgIpc) is 2.67. The van der Waals surface area contributed by atoms with E-state index in [1.54, 1.807) is 0 Å². The number of allylic oxidation sites excluding steroid dienone is 2. The Labute approximate surface area is 192 Å². The number of aliphatic hydroxyl groups is 1. The molecular formula is C30H50O. The monoisotopic (exact) mass is 426 g/mol. The van der Waals surface area contributed by atoms with Crippen molar-refractivity contribution in [1.82, 2.24) is 0 Å². The van der Waals surface area contributed by atoms with Crippen molar-refractivity contribution in [2.24, 2.45) is 50.2 Å². The zero-order chi connectivity index (χ0) is 22.7. The molecule has 0 amide bonds. The van der Waals surface area contributed by atoms with E-state index in [-0.39, 0.29) is 11.5 Å². The number of hydrogen-bond acceptors (Lipinski definition) is 1. The summed E-state index contributed by atoms with van der Waals surface area (Å²) in [7, 11) is 0. The molecule has 8 atom stereocenters. The first-order valence-corrected chi connectivity index (χ1v) is 13.6. The lowest BCUT2D eigenvalue weighted by molar-refractivity contribution is -0.202. The summed E-state index contributed by atoms with van der Waals surface area (Å²) in [6.07, 6.45) is 15.9. The van der Waals surface area contributed by atoms with Crippen molar-refractivity contribution in [3.05, 3.63) is 11.6 Å². The van der Waals surface area contributed by atoms with Gasteiger partial charge in [0.15, 0.2) is 0 Å². The van der Waals surface area contributed by atoms with E-state index in [0.29, 0.717) is 33.0 Å². The number of hydrogen-bond donors (Lipinski definition) is 1. The fourth-order valence-corrected chi connectivity index (χ4v) is 10.5. The smallest absolute Gasteiger partial charge is 0.0594 e. The summed E-state index contributed by atoms with van der Waals surface area (Å²) in [5.74, 6) is 2.21. The van der Waals surface area contributed by atoms with E-state index in [2.05, 4.69) is 61.5 Å². The van der Waals surface area contributed by atoms with Gasteiger partial charge in [-0.1, -0.05) is 67.0 Å². The standard InChI is InChI=1S/C30H50O/c1-25(2)15-16-27(5)17-18-29(7)20(21(27)19-25)9-10-23-28(6)13-12-24(31)26(3,4)22(28)11-14-30(23,29)8/h9,21-24,31H,10-19H2,1-8H3/t21-,22?,23-,24-,27-,28+,29-,30-/m1/s1. The number of fused-ring (bicyclic) bond motifs is 7. The molecule has 0 radical (unpaired) electrons. The first-order valence-electron chi connectivity index (χ1n) is 13.6. The molecule has 1 unspecified atom stereocenters. The second kappa shape index (κ2) is 6.43. The normalized spacial score (nSPS) is 55.2. The van der Waals surface area contributed by atoms with Gasteiger partial charge in [0, 0.05) is 0 Å². The topological polar surface area (TPSA) is 20.2 Å². The van der Waals surface area contributed by atoms with E-state index in [1.807, 2.05) is 5.57 Å². The molecule has 4 fully saturated rings. The van der Waals surface area contributed by atoms with Crippen LogP contribution in [0.1, 0.15) is 120 Å². The minimum atomic E-state index is -0.125. The van der Waals surface area contributed by atoms with Gasteiger partial charge in [-0.15, -0.1) is 0 Å². The van der Waals surface area contributed by atoms with Crippen LogP contribution in [-0.4, -0.2) is 11.2 Å². The molecule has 0 spiro atoms. The maximum atomic E-state index is 10.9. The molecule has 0 aliphatic heterocycles. The van der Waals surface area contributed by atoms with Gasteiger partial charge >= 0.3 is 0 Å². The van der Waals surface area contributed by atoms with Crippen LogP contribution in [0.25, 0.3) is 0 Å². The van der Waals surface area contributed by atoms with Crippen molar-refractivity contribution in [1.29, 1.82) is 0 Å². The van der Waals surface area contributed by atoms with Gasteiger partial charge < -0.3 is 5.11 Å². The second-order valence-corrected chi connectivity index (χ2v) is 15.2. The molecule has 0 aromatic rings. The quantitative estimate of drug-likeness (QED) is 0.387. The van der Waals surface area contributed by atoms with Gasteiger partial charge in [-0.05, 0) is 114 Å². The van der Waals surface area contributed by atoms with Crippen molar-refractivity contribution in [2.75, 3.05) is 0 Å². The van der Waals surface area contributed by atoms with Gasteiger partial charge in [-0.2, -0.15) is 0 Å². The molecule has 0 heterocycles. The maximum absolute atomic E-state index is 10.9. The van der Waals surface area contributed by atoms with Crippen molar-refractivity contribution in [3.63, 3.8) is 0 Å². The van der Waals surface area contributed by atoms with E-state index >= 15 is 0 Å².